The summed E-state index contributed by atoms with van der Waals surface area (Å²) in [4.78, 5) is 0. The molecular formula is C13H27N. The van der Waals surface area contributed by atoms with Gasteiger partial charge in [-0.3, -0.25) is 0 Å². The Balaban J connectivity index is 2.09. The molecular weight excluding hydrogens is 170 g/mol. The monoisotopic (exact) mass is 197 g/mol. The molecule has 0 atom stereocenters. The average Bonchev–Trinajstić information content (AvgIpc) is 2.19. The summed E-state index contributed by atoms with van der Waals surface area (Å²) in [7, 11) is 0. The molecule has 1 aliphatic rings. The van der Waals surface area contributed by atoms with Crippen LogP contribution < -0.4 is 5.32 Å². The fourth-order valence-electron chi connectivity index (χ4n) is 2.47. The van der Waals surface area contributed by atoms with Gasteiger partial charge in [0.15, 0.2) is 0 Å². The lowest BCUT2D eigenvalue weighted by Crippen LogP contribution is -2.34. The molecule has 1 fully saturated rings. The molecule has 0 saturated heterocycles. The zero-order valence-electron chi connectivity index (χ0n) is 10.2. The van der Waals surface area contributed by atoms with Crippen molar-refractivity contribution in [2.24, 2.45) is 11.8 Å². The van der Waals surface area contributed by atoms with Crippen molar-refractivity contribution in [3.05, 3.63) is 0 Å². The van der Waals surface area contributed by atoms with Crippen LogP contribution in [0, 0.1) is 11.8 Å². The summed E-state index contributed by atoms with van der Waals surface area (Å²) < 4.78 is 0. The predicted octanol–water partition coefficient (Wildman–Crippen LogP) is 3.59. The molecule has 0 aliphatic heterocycles. The second-order valence-electron chi connectivity index (χ2n) is 5.16. The van der Waals surface area contributed by atoms with Crippen LogP contribution in [0.2, 0.25) is 0 Å². The third kappa shape index (κ3) is 4.00. The van der Waals surface area contributed by atoms with Crippen LogP contribution in [0.5, 0.6) is 0 Å². The first-order chi connectivity index (χ1) is 6.74. The van der Waals surface area contributed by atoms with E-state index in [-0.39, 0.29) is 0 Å². The van der Waals surface area contributed by atoms with Crippen LogP contribution in [0.25, 0.3) is 0 Å². The van der Waals surface area contributed by atoms with Crippen LogP contribution in [0.1, 0.15) is 59.3 Å². The highest BCUT2D eigenvalue weighted by molar-refractivity contribution is 4.78. The number of hydrogen-bond acceptors (Lipinski definition) is 1. The van der Waals surface area contributed by atoms with Crippen molar-refractivity contribution < 1.29 is 0 Å². The minimum Gasteiger partial charge on any atom is -0.314 e. The normalized spacial score (nSPS) is 28.3. The minimum absolute atomic E-state index is 0.830. The average molecular weight is 197 g/mol. The quantitative estimate of drug-likeness (QED) is 0.664. The molecule has 1 saturated carbocycles. The molecule has 0 amide bonds. The Morgan fingerprint density at radius 2 is 1.79 bits per heavy atom. The van der Waals surface area contributed by atoms with E-state index in [2.05, 4.69) is 26.1 Å². The van der Waals surface area contributed by atoms with Crippen molar-refractivity contribution in [2.75, 3.05) is 6.54 Å². The lowest BCUT2D eigenvalue weighted by atomic mass is 9.80. The van der Waals surface area contributed by atoms with Crippen molar-refractivity contribution in [1.29, 1.82) is 0 Å². The van der Waals surface area contributed by atoms with E-state index in [4.69, 9.17) is 0 Å². The lowest BCUT2D eigenvalue weighted by molar-refractivity contribution is 0.239. The summed E-state index contributed by atoms with van der Waals surface area (Å²) in [6.45, 7) is 8.23. The molecule has 0 radical (unpaired) electrons. The first-order valence-corrected chi connectivity index (χ1v) is 6.47. The summed E-state index contributed by atoms with van der Waals surface area (Å²) in [6.07, 6.45) is 8.36. The van der Waals surface area contributed by atoms with Gasteiger partial charge < -0.3 is 5.32 Å². The Kier molecular flexibility index (Phi) is 5.54. The first kappa shape index (κ1) is 12.0. The van der Waals surface area contributed by atoms with E-state index in [0.29, 0.717) is 0 Å². The molecule has 0 aromatic heterocycles. The number of rotatable bonds is 5. The van der Waals surface area contributed by atoms with Gasteiger partial charge in [0, 0.05) is 6.04 Å². The third-order valence-corrected chi connectivity index (χ3v) is 3.68. The van der Waals surface area contributed by atoms with Crippen LogP contribution in [0.4, 0.5) is 0 Å². The standard InChI is InChI=1S/C13H27N/c1-4-5-10-14-13-8-6-12(7-9-13)11(2)3/h11-14H,4-10H2,1-3H3/t12-,13-. The maximum atomic E-state index is 3.68. The molecule has 0 unspecified atom stereocenters. The van der Waals surface area contributed by atoms with Gasteiger partial charge in [0.25, 0.3) is 0 Å². The van der Waals surface area contributed by atoms with Crippen LogP contribution in [0.15, 0.2) is 0 Å². The fraction of sp³-hybridized carbons (Fsp3) is 1.00. The van der Waals surface area contributed by atoms with Gasteiger partial charge in [0.1, 0.15) is 0 Å². The summed E-state index contributed by atoms with van der Waals surface area (Å²) in [6, 6.07) is 0.830. The molecule has 0 aromatic rings. The van der Waals surface area contributed by atoms with Gasteiger partial charge in [-0.25, -0.2) is 0 Å². The zero-order chi connectivity index (χ0) is 10.4. The summed E-state index contributed by atoms with van der Waals surface area (Å²) in [5, 5.41) is 3.68. The number of hydrogen-bond donors (Lipinski definition) is 1. The number of unbranched alkanes of at least 4 members (excludes halogenated alkanes) is 1. The van der Waals surface area contributed by atoms with E-state index in [1.54, 1.807) is 0 Å². The van der Waals surface area contributed by atoms with Crippen LogP contribution >= 0.6 is 0 Å². The second kappa shape index (κ2) is 6.44. The SMILES string of the molecule is CCCCN[C@H]1CC[C@H](C(C)C)CC1. The molecule has 14 heavy (non-hydrogen) atoms. The van der Waals surface area contributed by atoms with Crippen LogP contribution in [-0.2, 0) is 0 Å². The van der Waals surface area contributed by atoms with Crippen molar-refractivity contribution in [1.82, 2.24) is 5.32 Å². The van der Waals surface area contributed by atoms with E-state index in [1.807, 2.05) is 0 Å². The van der Waals surface area contributed by atoms with Gasteiger partial charge in [-0.05, 0) is 50.5 Å². The van der Waals surface area contributed by atoms with E-state index in [1.165, 1.54) is 45.1 Å². The highest BCUT2D eigenvalue weighted by atomic mass is 14.9. The van der Waals surface area contributed by atoms with Crippen LogP contribution in [-0.4, -0.2) is 12.6 Å². The largest absolute Gasteiger partial charge is 0.314 e. The molecule has 0 aromatic carbocycles. The van der Waals surface area contributed by atoms with Crippen molar-refractivity contribution in [3.63, 3.8) is 0 Å². The Labute approximate surface area is 89.7 Å². The van der Waals surface area contributed by atoms with Gasteiger partial charge in [-0.15, -0.1) is 0 Å². The highest BCUT2D eigenvalue weighted by Crippen LogP contribution is 2.29. The third-order valence-electron chi connectivity index (χ3n) is 3.68. The summed E-state index contributed by atoms with van der Waals surface area (Å²) in [5.74, 6) is 1.89. The minimum atomic E-state index is 0.830. The molecule has 1 N–H and O–H groups in total. The second-order valence-corrected chi connectivity index (χ2v) is 5.16. The highest BCUT2D eigenvalue weighted by Gasteiger charge is 2.22. The van der Waals surface area contributed by atoms with E-state index in [0.717, 1.165) is 17.9 Å². The van der Waals surface area contributed by atoms with Gasteiger partial charge in [0.05, 0.1) is 0 Å². The molecule has 1 nitrogen and oxygen atoms in total. The molecule has 1 aliphatic carbocycles. The Morgan fingerprint density at radius 3 is 2.29 bits per heavy atom. The van der Waals surface area contributed by atoms with E-state index < -0.39 is 0 Å². The maximum absolute atomic E-state index is 3.68. The Bertz CT molecular complexity index is 134. The van der Waals surface area contributed by atoms with Crippen molar-refractivity contribution >= 4 is 0 Å². The van der Waals surface area contributed by atoms with E-state index in [9.17, 15) is 0 Å². The van der Waals surface area contributed by atoms with E-state index >= 15 is 0 Å². The van der Waals surface area contributed by atoms with Gasteiger partial charge in [-0.2, -0.15) is 0 Å². The maximum Gasteiger partial charge on any atom is 0.00672 e. The van der Waals surface area contributed by atoms with Gasteiger partial charge in [-0.1, -0.05) is 27.2 Å². The van der Waals surface area contributed by atoms with Gasteiger partial charge in [0.2, 0.25) is 0 Å². The molecule has 0 bridgehead atoms. The van der Waals surface area contributed by atoms with Crippen molar-refractivity contribution in [3.8, 4) is 0 Å². The van der Waals surface area contributed by atoms with Crippen LogP contribution in [0.3, 0.4) is 0 Å². The molecule has 0 heterocycles. The zero-order valence-corrected chi connectivity index (χ0v) is 10.2. The van der Waals surface area contributed by atoms with Gasteiger partial charge >= 0.3 is 0 Å². The first-order valence-electron chi connectivity index (χ1n) is 6.47. The molecule has 0 spiro atoms. The Hall–Kier alpha value is -0.0400. The summed E-state index contributed by atoms with van der Waals surface area (Å²) >= 11 is 0. The van der Waals surface area contributed by atoms with Crippen molar-refractivity contribution in [2.45, 2.75) is 65.3 Å². The summed E-state index contributed by atoms with van der Waals surface area (Å²) in [5.41, 5.74) is 0. The predicted molar refractivity (Wildman–Crippen MR) is 63.5 cm³/mol. The molecule has 1 heteroatoms. The fourth-order valence-corrected chi connectivity index (χ4v) is 2.47. The Morgan fingerprint density at radius 1 is 1.14 bits per heavy atom. The number of nitrogens with one attached hydrogen (secondary N) is 1. The molecule has 84 valence electrons. The smallest absolute Gasteiger partial charge is 0.00672 e. The molecule has 1 rings (SSSR count). The topological polar surface area (TPSA) is 12.0 Å². The lowest BCUT2D eigenvalue weighted by Gasteiger charge is -2.31.